The molecule has 1 rings (SSSR count). The number of nitrogens with zero attached hydrogens (tertiary/aromatic N) is 1. The zero-order valence-corrected chi connectivity index (χ0v) is 13.7. The lowest BCUT2D eigenvalue weighted by molar-refractivity contribution is 0.0869. The van der Waals surface area contributed by atoms with E-state index in [0.717, 1.165) is 12.3 Å². The molecule has 0 aromatic carbocycles. The first-order valence-corrected chi connectivity index (χ1v) is 10.4. The van der Waals surface area contributed by atoms with E-state index in [1.54, 1.807) is 13.8 Å². The molecule has 0 amide bonds. The summed E-state index contributed by atoms with van der Waals surface area (Å²) in [6.07, 6.45) is 1.95. The van der Waals surface area contributed by atoms with E-state index >= 15 is 0 Å². The van der Waals surface area contributed by atoms with Crippen LogP contribution in [0.25, 0.3) is 0 Å². The summed E-state index contributed by atoms with van der Waals surface area (Å²) in [6, 6.07) is 5.04. The van der Waals surface area contributed by atoms with Crippen molar-refractivity contribution in [1.82, 2.24) is 4.57 Å². The Kier molecular flexibility index (Phi) is 5.42. The van der Waals surface area contributed by atoms with E-state index < -0.39 is 13.7 Å². The monoisotopic (exact) mass is 279 g/mol. The maximum absolute atomic E-state index is 9.60. The van der Waals surface area contributed by atoms with Crippen LogP contribution in [0.15, 0.2) is 18.3 Å². The zero-order chi connectivity index (χ0) is 14.5. The van der Waals surface area contributed by atoms with Crippen LogP contribution in [0.2, 0.25) is 25.7 Å². The highest BCUT2D eigenvalue weighted by atomic mass is 28.3. The molecule has 3 nitrogen and oxygen atoms in total. The molecule has 0 fully saturated rings. The van der Waals surface area contributed by atoms with Crippen molar-refractivity contribution in [1.29, 1.82) is 0 Å². The Balaban J connectivity index is 2.52. The van der Waals surface area contributed by atoms with Gasteiger partial charge < -0.3 is 14.4 Å². The highest BCUT2D eigenvalue weighted by Crippen LogP contribution is 2.09. The molecule has 0 aliphatic rings. The van der Waals surface area contributed by atoms with Crippen LogP contribution in [0, 0.1) is 11.8 Å². The van der Waals surface area contributed by atoms with E-state index in [2.05, 4.69) is 31.5 Å². The van der Waals surface area contributed by atoms with Crippen molar-refractivity contribution >= 4 is 8.07 Å². The van der Waals surface area contributed by atoms with Crippen LogP contribution in [-0.2, 0) is 11.5 Å². The topological polar surface area (TPSA) is 34.4 Å². The molecular formula is C15H25NO2Si. The zero-order valence-electron chi connectivity index (χ0n) is 12.7. The van der Waals surface area contributed by atoms with Gasteiger partial charge in [0.05, 0.1) is 5.69 Å². The quantitative estimate of drug-likeness (QED) is 0.511. The van der Waals surface area contributed by atoms with Gasteiger partial charge >= 0.3 is 0 Å². The van der Waals surface area contributed by atoms with E-state index in [9.17, 15) is 5.11 Å². The summed E-state index contributed by atoms with van der Waals surface area (Å²) in [6.45, 7) is 11.7. The highest BCUT2D eigenvalue weighted by Gasteiger charge is 2.12. The highest BCUT2D eigenvalue weighted by molar-refractivity contribution is 6.76. The van der Waals surface area contributed by atoms with E-state index in [4.69, 9.17) is 4.74 Å². The number of aromatic nitrogens is 1. The summed E-state index contributed by atoms with van der Waals surface area (Å²) in [5.41, 5.74) is -0.0940. The van der Waals surface area contributed by atoms with Gasteiger partial charge in [-0.05, 0) is 37.9 Å². The molecule has 0 atom stereocenters. The van der Waals surface area contributed by atoms with Gasteiger partial charge in [-0.1, -0.05) is 25.6 Å². The molecule has 106 valence electrons. The van der Waals surface area contributed by atoms with Crippen molar-refractivity contribution in [3.8, 4) is 11.8 Å². The van der Waals surface area contributed by atoms with E-state index in [1.165, 1.54) is 6.04 Å². The first-order chi connectivity index (χ1) is 8.67. The Bertz CT molecular complexity index is 455. The first-order valence-electron chi connectivity index (χ1n) is 6.66. The van der Waals surface area contributed by atoms with Crippen molar-refractivity contribution in [3.05, 3.63) is 24.0 Å². The summed E-state index contributed by atoms with van der Waals surface area (Å²) in [5, 5.41) is 9.60. The number of hydrogen-bond acceptors (Lipinski definition) is 2. The fourth-order valence-corrected chi connectivity index (χ4v) is 2.16. The van der Waals surface area contributed by atoms with Gasteiger partial charge in [0, 0.05) is 20.9 Å². The second kappa shape index (κ2) is 6.42. The van der Waals surface area contributed by atoms with Gasteiger partial charge in [-0.2, -0.15) is 0 Å². The third-order valence-electron chi connectivity index (χ3n) is 2.55. The Labute approximate surface area is 117 Å². The maximum Gasteiger partial charge on any atom is 0.123 e. The summed E-state index contributed by atoms with van der Waals surface area (Å²) >= 11 is 0. The Morgan fingerprint density at radius 3 is 2.63 bits per heavy atom. The number of rotatable bonds is 5. The fraction of sp³-hybridized carbons (Fsp3) is 0.600. The lowest BCUT2D eigenvalue weighted by Crippen LogP contribution is -2.22. The molecule has 1 N–H and O–H groups in total. The number of hydrogen-bond donors (Lipinski definition) is 1. The van der Waals surface area contributed by atoms with Crippen molar-refractivity contribution in [2.75, 3.05) is 6.61 Å². The van der Waals surface area contributed by atoms with Crippen LogP contribution in [0.4, 0.5) is 0 Å². The molecule has 19 heavy (non-hydrogen) atoms. The average molecular weight is 279 g/mol. The summed E-state index contributed by atoms with van der Waals surface area (Å²) in [5.74, 6) is 5.80. The molecule has 1 aromatic heterocycles. The number of aliphatic hydroxyl groups is 1. The minimum absolute atomic E-state index is 0.521. The Morgan fingerprint density at radius 1 is 1.37 bits per heavy atom. The van der Waals surface area contributed by atoms with E-state index in [-0.39, 0.29) is 0 Å². The molecular weight excluding hydrogens is 254 g/mol. The molecule has 0 radical (unpaired) electrons. The number of ether oxygens (including phenoxy) is 1. The third-order valence-corrected chi connectivity index (χ3v) is 4.26. The van der Waals surface area contributed by atoms with Crippen LogP contribution in [0.5, 0.6) is 0 Å². The molecule has 0 spiro atoms. The lowest BCUT2D eigenvalue weighted by atomic mass is 10.1. The van der Waals surface area contributed by atoms with Crippen LogP contribution in [-0.4, -0.2) is 30.0 Å². The van der Waals surface area contributed by atoms with Gasteiger partial charge in [-0.25, -0.2) is 0 Å². The van der Waals surface area contributed by atoms with Gasteiger partial charge in [-0.3, -0.25) is 0 Å². The second-order valence-corrected chi connectivity index (χ2v) is 12.1. The van der Waals surface area contributed by atoms with Gasteiger partial charge in [0.1, 0.15) is 12.3 Å². The minimum atomic E-state index is -1.03. The van der Waals surface area contributed by atoms with Crippen LogP contribution in [0.3, 0.4) is 0 Å². The third kappa shape index (κ3) is 7.21. The second-order valence-electron chi connectivity index (χ2n) is 6.52. The van der Waals surface area contributed by atoms with Crippen LogP contribution in [0.1, 0.15) is 19.5 Å². The predicted octanol–water partition coefficient (Wildman–Crippen LogP) is 2.92. The Hall–Kier alpha value is -1.02. The van der Waals surface area contributed by atoms with Crippen molar-refractivity contribution in [2.24, 2.45) is 0 Å². The average Bonchev–Trinajstić information content (AvgIpc) is 2.66. The van der Waals surface area contributed by atoms with E-state index in [1.807, 2.05) is 22.9 Å². The molecule has 4 heteroatoms. The largest absolute Gasteiger partial charge is 0.378 e. The molecule has 0 saturated heterocycles. The molecule has 0 bridgehead atoms. The molecule has 0 unspecified atom stereocenters. The standard InChI is InChI=1S/C15H25NO2Si/c1-15(2,17)9-8-14-7-6-10-16(14)13-18-11-12-19(3,4)5/h6-7,10,17H,11-13H2,1-5H3. The first kappa shape index (κ1) is 16.0. The Morgan fingerprint density at radius 2 is 2.05 bits per heavy atom. The molecule has 0 saturated carbocycles. The van der Waals surface area contributed by atoms with Gasteiger partial charge in [0.15, 0.2) is 0 Å². The van der Waals surface area contributed by atoms with Crippen molar-refractivity contribution in [3.63, 3.8) is 0 Å². The molecule has 0 aliphatic heterocycles. The maximum atomic E-state index is 9.60. The normalized spacial score (nSPS) is 12.1. The van der Waals surface area contributed by atoms with Gasteiger partial charge in [0.25, 0.3) is 0 Å². The molecule has 0 aliphatic carbocycles. The summed E-state index contributed by atoms with van der Waals surface area (Å²) in [4.78, 5) is 0. The summed E-state index contributed by atoms with van der Waals surface area (Å²) < 4.78 is 7.66. The van der Waals surface area contributed by atoms with Gasteiger partial charge in [0.2, 0.25) is 0 Å². The van der Waals surface area contributed by atoms with Crippen LogP contribution >= 0.6 is 0 Å². The van der Waals surface area contributed by atoms with E-state index in [0.29, 0.717) is 6.73 Å². The lowest BCUT2D eigenvalue weighted by Gasteiger charge is -2.15. The van der Waals surface area contributed by atoms with Crippen molar-refractivity contribution in [2.45, 2.75) is 51.9 Å². The SMILES string of the molecule is CC(C)(O)C#Cc1cccn1COCC[Si](C)(C)C. The smallest absolute Gasteiger partial charge is 0.123 e. The molecule has 1 heterocycles. The molecule has 1 aromatic rings. The van der Waals surface area contributed by atoms with Crippen molar-refractivity contribution < 1.29 is 9.84 Å². The predicted molar refractivity (Wildman–Crippen MR) is 81.7 cm³/mol. The van der Waals surface area contributed by atoms with Gasteiger partial charge in [-0.15, -0.1) is 0 Å². The minimum Gasteiger partial charge on any atom is -0.378 e. The fourth-order valence-electron chi connectivity index (χ4n) is 1.40. The van der Waals surface area contributed by atoms with Crippen LogP contribution < -0.4 is 0 Å². The summed E-state index contributed by atoms with van der Waals surface area (Å²) in [7, 11) is -1.03.